The van der Waals surface area contributed by atoms with Crippen molar-refractivity contribution < 1.29 is 9.21 Å². The van der Waals surface area contributed by atoms with E-state index in [-0.39, 0.29) is 5.91 Å². The van der Waals surface area contributed by atoms with E-state index in [9.17, 15) is 4.79 Å². The summed E-state index contributed by atoms with van der Waals surface area (Å²) in [4.78, 5) is 16.9. The Balaban J connectivity index is 1.35. The molecule has 1 fully saturated rings. The van der Waals surface area contributed by atoms with Crippen molar-refractivity contribution in [2.75, 3.05) is 36.8 Å². The number of carbonyl (C=O) groups is 1. The maximum atomic E-state index is 12.7. The van der Waals surface area contributed by atoms with E-state index in [0.29, 0.717) is 42.1 Å². The predicted octanol–water partition coefficient (Wildman–Crippen LogP) is 3.82. The summed E-state index contributed by atoms with van der Waals surface area (Å²) in [5.41, 5.74) is 1.09. The second-order valence-corrected chi connectivity index (χ2v) is 8.20. The molecule has 9 heteroatoms. The van der Waals surface area contributed by atoms with Crippen molar-refractivity contribution in [1.82, 2.24) is 19.7 Å². The number of piperazine rings is 1. The Morgan fingerprint density at radius 2 is 2.03 bits per heavy atom. The first-order valence-corrected chi connectivity index (χ1v) is 11.0. The molecule has 0 saturated carbocycles. The third-order valence-electron chi connectivity index (χ3n) is 4.90. The molecule has 2 aromatic heterocycles. The lowest BCUT2D eigenvalue weighted by atomic mass is 10.2. The summed E-state index contributed by atoms with van der Waals surface area (Å²) in [7, 11) is 0. The maximum absolute atomic E-state index is 12.7. The minimum Gasteiger partial charge on any atom is -0.461 e. The van der Waals surface area contributed by atoms with Crippen molar-refractivity contribution in [1.29, 1.82) is 0 Å². The van der Waals surface area contributed by atoms with E-state index in [4.69, 9.17) is 16.0 Å². The molecule has 0 aliphatic carbocycles. The molecule has 1 aliphatic rings. The fourth-order valence-electron chi connectivity index (χ4n) is 3.38. The molecule has 1 amide bonds. The lowest BCUT2D eigenvalue weighted by Gasteiger charge is -2.36. The van der Waals surface area contributed by atoms with E-state index in [1.807, 2.05) is 45.9 Å². The van der Waals surface area contributed by atoms with E-state index in [2.05, 4.69) is 21.7 Å². The average molecular weight is 444 g/mol. The predicted molar refractivity (Wildman–Crippen MR) is 119 cm³/mol. The van der Waals surface area contributed by atoms with E-state index in [1.54, 1.807) is 12.3 Å². The third-order valence-corrected chi connectivity index (χ3v) is 6.09. The zero-order chi connectivity index (χ0) is 20.9. The summed E-state index contributed by atoms with van der Waals surface area (Å²) in [6.45, 7) is 7.27. The van der Waals surface area contributed by atoms with Gasteiger partial charge in [0.2, 0.25) is 11.7 Å². The summed E-state index contributed by atoms with van der Waals surface area (Å²) in [5, 5.41) is 9.87. The number of hydrogen-bond donors (Lipinski definition) is 0. The highest BCUT2D eigenvalue weighted by Gasteiger charge is 2.23. The number of nitrogens with zero attached hydrogens (tertiary/aromatic N) is 5. The van der Waals surface area contributed by atoms with Gasteiger partial charge in [-0.1, -0.05) is 35.5 Å². The van der Waals surface area contributed by atoms with Gasteiger partial charge >= 0.3 is 0 Å². The topological polar surface area (TPSA) is 67.4 Å². The largest absolute Gasteiger partial charge is 0.461 e. The Morgan fingerprint density at radius 3 is 2.73 bits per heavy atom. The molecule has 0 unspecified atom stereocenters. The summed E-state index contributed by atoms with van der Waals surface area (Å²) in [6.07, 6.45) is 3.37. The van der Waals surface area contributed by atoms with Crippen molar-refractivity contribution in [2.24, 2.45) is 0 Å². The van der Waals surface area contributed by atoms with Crippen molar-refractivity contribution in [3.05, 3.63) is 60.3 Å². The molecular formula is C21H22ClN5O2S. The van der Waals surface area contributed by atoms with Gasteiger partial charge in [-0.05, 0) is 30.3 Å². The Morgan fingerprint density at radius 1 is 1.20 bits per heavy atom. The number of benzene rings is 1. The summed E-state index contributed by atoms with van der Waals surface area (Å²) in [5.74, 6) is 1.67. The zero-order valence-electron chi connectivity index (χ0n) is 16.4. The SMILES string of the molecule is C=CCn1c(SCC(=O)N2CCN(c3cccc(Cl)c3)CC2)nnc1-c1ccco1. The molecule has 1 aromatic carbocycles. The molecule has 1 saturated heterocycles. The zero-order valence-corrected chi connectivity index (χ0v) is 18.0. The van der Waals surface area contributed by atoms with Crippen LogP contribution in [0, 0.1) is 0 Å². The number of halogens is 1. The second-order valence-electron chi connectivity index (χ2n) is 6.82. The van der Waals surface area contributed by atoms with Crippen LogP contribution in [0.4, 0.5) is 5.69 Å². The number of rotatable bonds is 7. The molecule has 0 N–H and O–H groups in total. The highest BCUT2D eigenvalue weighted by molar-refractivity contribution is 7.99. The molecule has 0 atom stereocenters. The highest BCUT2D eigenvalue weighted by Crippen LogP contribution is 2.25. The van der Waals surface area contributed by atoms with E-state index < -0.39 is 0 Å². The van der Waals surface area contributed by atoms with Crippen LogP contribution in [0.15, 0.2) is 64.9 Å². The monoisotopic (exact) mass is 443 g/mol. The van der Waals surface area contributed by atoms with Crippen molar-refractivity contribution in [3.8, 4) is 11.6 Å². The first-order chi connectivity index (χ1) is 14.7. The van der Waals surface area contributed by atoms with Gasteiger partial charge in [0.25, 0.3) is 0 Å². The molecule has 3 aromatic rings. The molecule has 7 nitrogen and oxygen atoms in total. The van der Waals surface area contributed by atoms with Crippen LogP contribution in [0.1, 0.15) is 0 Å². The van der Waals surface area contributed by atoms with Gasteiger partial charge in [-0.15, -0.1) is 16.8 Å². The van der Waals surface area contributed by atoms with Crippen molar-refractivity contribution in [3.63, 3.8) is 0 Å². The quantitative estimate of drug-likeness (QED) is 0.408. The second kappa shape index (κ2) is 9.40. The van der Waals surface area contributed by atoms with Gasteiger partial charge in [-0.2, -0.15) is 0 Å². The molecule has 0 spiro atoms. The van der Waals surface area contributed by atoms with Crippen molar-refractivity contribution >= 4 is 35.0 Å². The van der Waals surface area contributed by atoms with Crippen LogP contribution in [-0.4, -0.2) is 57.5 Å². The molecular weight excluding hydrogens is 422 g/mol. The fraction of sp³-hybridized carbons (Fsp3) is 0.286. The first-order valence-electron chi connectivity index (χ1n) is 9.65. The van der Waals surface area contributed by atoms with Gasteiger partial charge in [-0.3, -0.25) is 9.36 Å². The normalized spacial score (nSPS) is 14.2. The summed E-state index contributed by atoms with van der Waals surface area (Å²) in [6, 6.07) is 11.5. The van der Waals surface area contributed by atoms with Crippen LogP contribution < -0.4 is 4.90 Å². The van der Waals surface area contributed by atoms with Crippen LogP contribution in [0.3, 0.4) is 0 Å². The Kier molecular flexibility index (Phi) is 6.44. The number of carbonyl (C=O) groups excluding carboxylic acids is 1. The van der Waals surface area contributed by atoms with Gasteiger partial charge in [0, 0.05) is 43.4 Å². The lowest BCUT2D eigenvalue weighted by molar-refractivity contribution is -0.128. The highest BCUT2D eigenvalue weighted by atomic mass is 35.5. The molecule has 30 heavy (non-hydrogen) atoms. The van der Waals surface area contributed by atoms with Crippen LogP contribution in [-0.2, 0) is 11.3 Å². The first kappa shape index (κ1) is 20.6. The van der Waals surface area contributed by atoms with Gasteiger partial charge in [0.05, 0.1) is 12.0 Å². The Hall–Kier alpha value is -2.71. The molecule has 3 heterocycles. The molecule has 1 aliphatic heterocycles. The van der Waals surface area contributed by atoms with Crippen LogP contribution in [0.25, 0.3) is 11.6 Å². The molecule has 4 rings (SSSR count). The number of hydrogen-bond acceptors (Lipinski definition) is 6. The van der Waals surface area contributed by atoms with E-state index in [0.717, 1.165) is 23.8 Å². The average Bonchev–Trinajstić information content (AvgIpc) is 3.42. The number of anilines is 1. The molecule has 156 valence electrons. The minimum absolute atomic E-state index is 0.0958. The number of furan rings is 1. The molecule has 0 radical (unpaired) electrons. The van der Waals surface area contributed by atoms with Gasteiger partial charge in [0.1, 0.15) is 0 Å². The maximum Gasteiger partial charge on any atom is 0.233 e. The summed E-state index contributed by atoms with van der Waals surface area (Å²) >= 11 is 7.48. The fourth-order valence-corrected chi connectivity index (χ4v) is 4.42. The van der Waals surface area contributed by atoms with Crippen LogP contribution in [0.2, 0.25) is 5.02 Å². The van der Waals surface area contributed by atoms with Gasteiger partial charge in [0.15, 0.2) is 10.9 Å². The number of allylic oxidation sites excluding steroid dienone is 1. The standard InChI is InChI=1S/C21H22ClN5O2S/c1-2-8-27-20(18-7-4-13-29-18)23-24-21(27)30-15-19(28)26-11-9-25(10-12-26)17-6-3-5-16(22)14-17/h2-7,13-14H,1,8-12,15H2. The van der Waals surface area contributed by atoms with Gasteiger partial charge < -0.3 is 14.2 Å². The number of thioether (sulfide) groups is 1. The smallest absolute Gasteiger partial charge is 0.233 e. The Labute approximate surface area is 184 Å². The van der Waals surface area contributed by atoms with Gasteiger partial charge in [-0.25, -0.2) is 0 Å². The number of aromatic nitrogens is 3. The summed E-state index contributed by atoms with van der Waals surface area (Å²) < 4.78 is 7.34. The van der Waals surface area contributed by atoms with Crippen LogP contribution in [0.5, 0.6) is 0 Å². The Bertz CT molecular complexity index is 1010. The van der Waals surface area contributed by atoms with E-state index in [1.165, 1.54) is 11.8 Å². The number of amides is 1. The van der Waals surface area contributed by atoms with Crippen LogP contribution >= 0.6 is 23.4 Å². The van der Waals surface area contributed by atoms with Crippen molar-refractivity contribution in [2.45, 2.75) is 11.7 Å². The minimum atomic E-state index is 0.0958. The van der Waals surface area contributed by atoms with E-state index >= 15 is 0 Å². The third kappa shape index (κ3) is 4.55. The lowest BCUT2D eigenvalue weighted by Crippen LogP contribution is -2.49. The molecule has 0 bridgehead atoms.